The molecule has 1 aliphatic rings. The quantitative estimate of drug-likeness (QED) is 0.893. The van der Waals surface area contributed by atoms with Crippen molar-refractivity contribution in [2.75, 3.05) is 18.1 Å². The Kier molecular flexibility index (Phi) is 3.28. The average Bonchev–Trinajstić information content (AvgIpc) is 2.98. The smallest absolute Gasteiger partial charge is 0.258 e. The Bertz CT molecular complexity index is 569. The predicted molar refractivity (Wildman–Crippen MR) is 73.7 cm³/mol. The van der Waals surface area contributed by atoms with Crippen molar-refractivity contribution in [3.63, 3.8) is 0 Å². The zero-order chi connectivity index (χ0) is 13.3. The van der Waals surface area contributed by atoms with Crippen molar-refractivity contribution < 1.29 is 0 Å². The number of hydrogen-bond acceptors (Lipinski definition) is 7. The number of nitrogens with one attached hydrogen (secondary N) is 1. The summed E-state index contributed by atoms with van der Waals surface area (Å²) in [5.74, 6) is 0.819. The first-order chi connectivity index (χ1) is 9.21. The van der Waals surface area contributed by atoms with Crippen molar-refractivity contribution in [3.05, 3.63) is 17.9 Å². The van der Waals surface area contributed by atoms with Crippen molar-refractivity contribution in [2.24, 2.45) is 0 Å². The van der Waals surface area contributed by atoms with E-state index < -0.39 is 0 Å². The maximum absolute atomic E-state index is 5.90. The number of aromatic nitrogens is 6. The Morgan fingerprint density at radius 3 is 2.89 bits per heavy atom. The summed E-state index contributed by atoms with van der Waals surface area (Å²) in [5.41, 5.74) is 0. The molecule has 1 fully saturated rings. The van der Waals surface area contributed by atoms with Crippen LogP contribution in [0.5, 0.6) is 0 Å². The summed E-state index contributed by atoms with van der Waals surface area (Å²) in [6.07, 6.45) is 7.49. The van der Waals surface area contributed by atoms with Crippen LogP contribution in [0.15, 0.2) is 12.7 Å². The molecule has 0 aromatic carbocycles. The highest BCUT2D eigenvalue weighted by Gasteiger charge is 2.41. The molecule has 0 radical (unpaired) electrons. The third kappa shape index (κ3) is 2.79. The van der Waals surface area contributed by atoms with E-state index in [0.29, 0.717) is 16.6 Å². The van der Waals surface area contributed by atoms with Gasteiger partial charge in [-0.3, -0.25) is 0 Å². The van der Waals surface area contributed by atoms with Crippen LogP contribution in [0.2, 0.25) is 5.28 Å². The second-order valence-electron chi connectivity index (χ2n) is 4.31. The van der Waals surface area contributed by atoms with Crippen LogP contribution in [-0.2, 0) is 0 Å². The molecule has 19 heavy (non-hydrogen) atoms. The van der Waals surface area contributed by atoms with Crippen LogP contribution < -0.4 is 5.32 Å². The lowest BCUT2D eigenvalue weighted by Gasteiger charge is -2.13. The summed E-state index contributed by atoms with van der Waals surface area (Å²) in [7, 11) is 0. The fourth-order valence-corrected chi connectivity index (χ4v) is 2.55. The van der Waals surface area contributed by atoms with Crippen LogP contribution in [0, 0.1) is 0 Å². The molecule has 1 saturated carbocycles. The number of nitrogens with zero attached hydrogens (tertiary/aromatic N) is 6. The van der Waals surface area contributed by atoms with Crippen LogP contribution >= 0.6 is 23.4 Å². The largest absolute Gasteiger partial charge is 0.353 e. The molecule has 1 aliphatic carbocycles. The SMILES string of the molecule is CSC1(CNc2nc(Cl)nc(-n3cncn3)n2)CC1. The summed E-state index contributed by atoms with van der Waals surface area (Å²) >= 11 is 7.77. The normalized spacial score (nSPS) is 16.3. The molecule has 0 bridgehead atoms. The zero-order valence-electron chi connectivity index (χ0n) is 10.2. The first kappa shape index (κ1) is 12.6. The molecule has 2 aromatic heterocycles. The minimum Gasteiger partial charge on any atom is -0.353 e. The summed E-state index contributed by atoms with van der Waals surface area (Å²) in [5, 5.41) is 7.32. The van der Waals surface area contributed by atoms with E-state index in [4.69, 9.17) is 11.6 Å². The second kappa shape index (κ2) is 4.93. The van der Waals surface area contributed by atoms with E-state index in [0.717, 1.165) is 6.54 Å². The molecule has 0 atom stereocenters. The Hall–Kier alpha value is -1.41. The number of thioether (sulfide) groups is 1. The van der Waals surface area contributed by atoms with Gasteiger partial charge in [-0.1, -0.05) is 0 Å². The van der Waals surface area contributed by atoms with Crippen LogP contribution in [0.3, 0.4) is 0 Å². The molecule has 0 spiro atoms. The van der Waals surface area contributed by atoms with Crippen molar-refractivity contribution in [2.45, 2.75) is 17.6 Å². The zero-order valence-corrected chi connectivity index (χ0v) is 11.8. The number of hydrogen-bond donors (Lipinski definition) is 1. The monoisotopic (exact) mass is 297 g/mol. The van der Waals surface area contributed by atoms with E-state index in [9.17, 15) is 0 Å². The first-order valence-electron chi connectivity index (χ1n) is 5.76. The number of halogens is 1. The van der Waals surface area contributed by atoms with Gasteiger partial charge in [0.15, 0.2) is 0 Å². The van der Waals surface area contributed by atoms with Gasteiger partial charge >= 0.3 is 0 Å². The molecular formula is C10H12ClN7S. The standard InChI is InChI=1S/C10H12ClN7S/c1-19-10(2-3-10)4-13-8-15-7(11)16-9(17-8)18-6-12-5-14-18/h5-6H,2-4H2,1H3,(H,13,15,16,17). The molecule has 2 heterocycles. The van der Waals surface area contributed by atoms with Gasteiger partial charge in [-0.25, -0.2) is 4.98 Å². The molecule has 0 amide bonds. The van der Waals surface area contributed by atoms with Gasteiger partial charge in [0.2, 0.25) is 11.2 Å². The maximum atomic E-state index is 5.90. The minimum absolute atomic E-state index is 0.136. The Morgan fingerprint density at radius 1 is 1.42 bits per heavy atom. The van der Waals surface area contributed by atoms with Crippen LogP contribution in [0.4, 0.5) is 5.95 Å². The van der Waals surface area contributed by atoms with E-state index in [1.54, 1.807) is 0 Å². The average molecular weight is 298 g/mol. The molecule has 0 unspecified atom stereocenters. The van der Waals surface area contributed by atoms with Crippen molar-refractivity contribution >= 4 is 29.3 Å². The third-order valence-corrected chi connectivity index (χ3v) is 4.62. The van der Waals surface area contributed by atoms with Crippen molar-refractivity contribution in [1.29, 1.82) is 0 Å². The molecule has 9 heteroatoms. The fourth-order valence-electron chi connectivity index (χ4n) is 1.67. The lowest BCUT2D eigenvalue weighted by Crippen LogP contribution is -2.19. The molecule has 2 aromatic rings. The number of rotatable bonds is 5. The summed E-state index contributed by atoms with van der Waals surface area (Å²) < 4.78 is 1.77. The highest BCUT2D eigenvalue weighted by atomic mass is 35.5. The summed E-state index contributed by atoms with van der Waals surface area (Å²) in [4.78, 5) is 16.2. The lowest BCUT2D eigenvalue weighted by molar-refractivity contribution is 0.791. The Morgan fingerprint density at radius 2 is 2.26 bits per heavy atom. The summed E-state index contributed by atoms with van der Waals surface area (Å²) in [6.45, 7) is 0.825. The van der Waals surface area contributed by atoms with Gasteiger partial charge in [0.25, 0.3) is 5.95 Å². The highest BCUT2D eigenvalue weighted by Crippen LogP contribution is 2.46. The van der Waals surface area contributed by atoms with Gasteiger partial charge in [0.1, 0.15) is 12.7 Å². The topological polar surface area (TPSA) is 81.4 Å². The lowest BCUT2D eigenvalue weighted by atomic mass is 10.4. The van der Waals surface area contributed by atoms with Gasteiger partial charge < -0.3 is 5.32 Å². The molecule has 7 nitrogen and oxygen atoms in total. The van der Waals surface area contributed by atoms with Gasteiger partial charge in [-0.15, -0.1) is 0 Å². The second-order valence-corrected chi connectivity index (χ2v) is 5.92. The summed E-state index contributed by atoms with van der Waals surface area (Å²) in [6, 6.07) is 0. The Balaban J connectivity index is 1.78. The molecule has 3 rings (SSSR count). The van der Waals surface area contributed by atoms with Crippen LogP contribution in [-0.4, -0.2) is 47.3 Å². The van der Waals surface area contributed by atoms with Crippen molar-refractivity contribution in [1.82, 2.24) is 29.7 Å². The van der Waals surface area contributed by atoms with Crippen LogP contribution in [0.25, 0.3) is 5.95 Å². The molecule has 100 valence electrons. The van der Waals surface area contributed by atoms with E-state index in [1.807, 2.05) is 11.8 Å². The van der Waals surface area contributed by atoms with E-state index in [2.05, 4.69) is 36.6 Å². The van der Waals surface area contributed by atoms with Crippen LogP contribution in [0.1, 0.15) is 12.8 Å². The molecular weight excluding hydrogens is 286 g/mol. The number of anilines is 1. The molecule has 1 N–H and O–H groups in total. The Labute approximate surface area is 119 Å². The van der Waals surface area contributed by atoms with Gasteiger partial charge in [-0.2, -0.15) is 36.5 Å². The molecule has 0 saturated heterocycles. The van der Waals surface area contributed by atoms with Gasteiger partial charge in [0, 0.05) is 11.3 Å². The minimum atomic E-state index is 0.136. The van der Waals surface area contributed by atoms with Gasteiger partial charge in [-0.05, 0) is 30.7 Å². The molecule has 0 aliphatic heterocycles. The highest BCUT2D eigenvalue weighted by molar-refractivity contribution is 8.00. The first-order valence-corrected chi connectivity index (χ1v) is 7.37. The van der Waals surface area contributed by atoms with Crippen molar-refractivity contribution in [3.8, 4) is 5.95 Å². The fraction of sp³-hybridized carbons (Fsp3) is 0.500. The van der Waals surface area contributed by atoms with E-state index in [-0.39, 0.29) is 5.28 Å². The van der Waals surface area contributed by atoms with E-state index in [1.165, 1.54) is 30.2 Å². The van der Waals surface area contributed by atoms with Gasteiger partial charge in [0.05, 0.1) is 0 Å². The predicted octanol–water partition coefficient (Wildman–Crippen LogP) is 1.41. The van der Waals surface area contributed by atoms with E-state index >= 15 is 0 Å². The third-order valence-electron chi connectivity index (χ3n) is 3.03. The maximum Gasteiger partial charge on any atom is 0.258 e.